The maximum atomic E-state index is 6.20. The van der Waals surface area contributed by atoms with Gasteiger partial charge in [-0.15, -0.1) is 0 Å². The van der Waals surface area contributed by atoms with E-state index in [1.165, 1.54) is 11.1 Å². The highest BCUT2D eigenvalue weighted by atomic mass is 16.5. The zero-order valence-corrected chi connectivity index (χ0v) is 23.0. The van der Waals surface area contributed by atoms with E-state index in [1.807, 2.05) is 31.2 Å². The molecule has 4 aromatic carbocycles. The number of nitrogens with one attached hydrogen (secondary N) is 1. The predicted molar refractivity (Wildman–Crippen MR) is 164 cm³/mol. The minimum absolute atomic E-state index is 0.289. The van der Waals surface area contributed by atoms with E-state index in [0.29, 0.717) is 6.61 Å². The van der Waals surface area contributed by atoms with Crippen LogP contribution >= 0.6 is 0 Å². The number of hydrogen-bond acceptors (Lipinski definition) is 5. The van der Waals surface area contributed by atoms with E-state index in [1.54, 1.807) is 0 Å². The molecule has 5 nitrogen and oxygen atoms in total. The fraction of sp³-hybridized carbons (Fsp3) is 0.229. The molecule has 0 radical (unpaired) electrons. The van der Waals surface area contributed by atoms with Gasteiger partial charge >= 0.3 is 0 Å². The van der Waals surface area contributed by atoms with Gasteiger partial charge in [-0.2, -0.15) is 0 Å². The third-order valence-electron chi connectivity index (χ3n) is 7.64. The Labute approximate surface area is 237 Å². The summed E-state index contributed by atoms with van der Waals surface area (Å²) in [5, 5.41) is 4.69. The summed E-state index contributed by atoms with van der Waals surface area (Å²) in [4.78, 5) is 9.78. The van der Waals surface area contributed by atoms with Crippen molar-refractivity contribution in [1.82, 2.24) is 14.8 Å². The number of ether oxygens (including phenoxy) is 1. The molecule has 0 saturated carbocycles. The second-order valence-electron chi connectivity index (χ2n) is 10.4. The third kappa shape index (κ3) is 6.17. The van der Waals surface area contributed by atoms with Crippen LogP contribution in [-0.2, 0) is 0 Å². The van der Waals surface area contributed by atoms with Crippen molar-refractivity contribution in [3.8, 4) is 5.75 Å². The van der Waals surface area contributed by atoms with Crippen molar-refractivity contribution < 1.29 is 4.74 Å². The minimum Gasteiger partial charge on any atom is -0.492 e. The Balaban J connectivity index is 1.04. The molecule has 0 amide bonds. The van der Waals surface area contributed by atoms with Crippen LogP contribution in [0.4, 0.5) is 11.4 Å². The molecule has 2 heterocycles. The number of aryl methyl sites for hydroxylation is 1. The molecule has 0 unspecified atom stereocenters. The summed E-state index contributed by atoms with van der Waals surface area (Å²) in [5.74, 6) is 0.881. The molecule has 1 N–H and O–H groups in total. The molecule has 40 heavy (non-hydrogen) atoms. The van der Waals surface area contributed by atoms with Crippen molar-refractivity contribution in [3.63, 3.8) is 0 Å². The number of pyridine rings is 1. The lowest BCUT2D eigenvalue weighted by molar-refractivity contribution is 0.0977. The van der Waals surface area contributed by atoms with Crippen molar-refractivity contribution in [2.24, 2.45) is 0 Å². The van der Waals surface area contributed by atoms with Crippen molar-refractivity contribution in [2.45, 2.75) is 13.0 Å². The summed E-state index contributed by atoms with van der Waals surface area (Å²) in [6, 6.07) is 40.6. The summed E-state index contributed by atoms with van der Waals surface area (Å²) in [6.45, 7) is 7.76. The minimum atomic E-state index is 0.289. The van der Waals surface area contributed by atoms with Gasteiger partial charge in [-0.05, 0) is 42.3 Å². The second-order valence-corrected chi connectivity index (χ2v) is 10.4. The number of fused-ring (bicyclic) bond motifs is 1. The topological polar surface area (TPSA) is 40.6 Å². The summed E-state index contributed by atoms with van der Waals surface area (Å²) >= 11 is 0. The molecule has 0 atom stereocenters. The van der Waals surface area contributed by atoms with Crippen LogP contribution < -0.4 is 10.1 Å². The maximum Gasteiger partial charge on any atom is 0.121 e. The number of benzene rings is 4. The van der Waals surface area contributed by atoms with Crippen LogP contribution in [0.5, 0.6) is 5.75 Å². The highest BCUT2D eigenvalue weighted by Gasteiger charge is 2.26. The first-order valence-electron chi connectivity index (χ1n) is 14.2. The summed E-state index contributed by atoms with van der Waals surface area (Å²) in [6.07, 6.45) is 0. The normalized spacial score (nSPS) is 14.4. The van der Waals surface area contributed by atoms with Crippen molar-refractivity contribution in [2.75, 3.05) is 44.6 Å². The van der Waals surface area contributed by atoms with Crippen LogP contribution in [0.15, 0.2) is 115 Å². The van der Waals surface area contributed by atoms with Gasteiger partial charge in [-0.3, -0.25) is 14.8 Å². The van der Waals surface area contributed by atoms with E-state index in [0.717, 1.165) is 66.4 Å². The number of rotatable bonds is 9. The van der Waals surface area contributed by atoms with E-state index >= 15 is 0 Å². The fourth-order valence-corrected chi connectivity index (χ4v) is 5.65. The monoisotopic (exact) mass is 528 g/mol. The molecule has 1 saturated heterocycles. The molecule has 1 aliphatic rings. The predicted octanol–water partition coefficient (Wildman–Crippen LogP) is 7.07. The Hall–Kier alpha value is -4.19. The van der Waals surface area contributed by atoms with Crippen LogP contribution in [0.2, 0.25) is 0 Å². The van der Waals surface area contributed by atoms with Gasteiger partial charge in [0.05, 0.1) is 11.6 Å². The molecule has 5 heteroatoms. The average molecular weight is 529 g/mol. The molecule has 0 aliphatic carbocycles. The quantitative estimate of drug-likeness (QED) is 0.222. The van der Waals surface area contributed by atoms with Gasteiger partial charge in [-0.1, -0.05) is 84.9 Å². The fourth-order valence-electron chi connectivity index (χ4n) is 5.65. The van der Waals surface area contributed by atoms with E-state index in [9.17, 15) is 0 Å². The van der Waals surface area contributed by atoms with Crippen LogP contribution in [0, 0.1) is 6.92 Å². The number of nitrogens with zero attached hydrogens (tertiary/aromatic N) is 3. The van der Waals surface area contributed by atoms with Gasteiger partial charge in [-0.25, -0.2) is 0 Å². The molecular weight excluding hydrogens is 492 g/mol. The van der Waals surface area contributed by atoms with Gasteiger partial charge in [0.1, 0.15) is 12.4 Å². The number of piperazine rings is 1. The molecule has 6 rings (SSSR count). The van der Waals surface area contributed by atoms with Crippen molar-refractivity contribution >= 4 is 22.3 Å². The van der Waals surface area contributed by atoms with Gasteiger partial charge in [0.15, 0.2) is 0 Å². The van der Waals surface area contributed by atoms with Crippen molar-refractivity contribution in [3.05, 3.63) is 132 Å². The lowest BCUT2D eigenvalue weighted by Gasteiger charge is -2.39. The van der Waals surface area contributed by atoms with Gasteiger partial charge in [0.25, 0.3) is 0 Å². The summed E-state index contributed by atoms with van der Waals surface area (Å²) in [7, 11) is 0. The third-order valence-corrected chi connectivity index (χ3v) is 7.64. The molecule has 1 aromatic heterocycles. The summed E-state index contributed by atoms with van der Waals surface area (Å²) < 4.78 is 6.20. The van der Waals surface area contributed by atoms with Crippen molar-refractivity contribution in [1.29, 1.82) is 0 Å². The number of aromatic nitrogens is 1. The SMILES string of the molecule is Cc1cc(Nc2cccc(OCCN3CCN(C(c4ccccc4)c4ccccc4)CC3)c2)c2ccccc2n1. The Bertz CT molecular complexity index is 1490. The highest BCUT2D eigenvalue weighted by molar-refractivity contribution is 5.93. The Kier molecular flexibility index (Phi) is 8.03. The highest BCUT2D eigenvalue weighted by Crippen LogP contribution is 2.30. The molecular formula is C35H36N4O. The largest absolute Gasteiger partial charge is 0.492 e. The smallest absolute Gasteiger partial charge is 0.121 e. The van der Waals surface area contributed by atoms with Crippen LogP contribution in [0.25, 0.3) is 10.9 Å². The number of anilines is 2. The molecule has 0 bridgehead atoms. The lowest BCUT2D eigenvalue weighted by atomic mass is 9.96. The van der Waals surface area contributed by atoms with E-state index in [2.05, 4.69) is 111 Å². The Morgan fingerprint density at radius 2 is 1.43 bits per heavy atom. The van der Waals surface area contributed by atoms with E-state index < -0.39 is 0 Å². The molecule has 202 valence electrons. The Morgan fingerprint density at radius 3 is 2.15 bits per heavy atom. The van der Waals surface area contributed by atoms with E-state index in [-0.39, 0.29) is 6.04 Å². The standard InChI is InChI=1S/C35H36N4O/c1-27-25-34(32-17-8-9-18-33(32)36-27)37-30-15-10-16-31(26-30)40-24-23-38-19-21-39(22-20-38)35(28-11-4-2-5-12-28)29-13-6-3-7-14-29/h2-18,25-26,35H,19-24H2,1H3,(H,36,37). The zero-order valence-electron chi connectivity index (χ0n) is 23.0. The molecule has 1 aliphatic heterocycles. The van der Waals surface area contributed by atoms with Crippen LogP contribution in [0.1, 0.15) is 22.9 Å². The van der Waals surface area contributed by atoms with Crippen LogP contribution in [0.3, 0.4) is 0 Å². The second kappa shape index (κ2) is 12.3. The van der Waals surface area contributed by atoms with Gasteiger partial charge < -0.3 is 10.1 Å². The zero-order chi connectivity index (χ0) is 27.1. The molecule has 0 spiro atoms. The molecule has 1 fully saturated rings. The van der Waals surface area contributed by atoms with Crippen LogP contribution in [-0.4, -0.2) is 54.1 Å². The average Bonchev–Trinajstić information content (AvgIpc) is 2.99. The first-order valence-corrected chi connectivity index (χ1v) is 14.2. The van der Waals surface area contributed by atoms with E-state index in [4.69, 9.17) is 4.74 Å². The van der Waals surface area contributed by atoms with Gasteiger partial charge in [0.2, 0.25) is 0 Å². The molecule has 5 aromatic rings. The first kappa shape index (κ1) is 26.1. The lowest BCUT2D eigenvalue weighted by Crippen LogP contribution is -2.48. The van der Waals surface area contributed by atoms with Gasteiger partial charge in [0, 0.05) is 61.2 Å². The number of para-hydroxylation sites is 1. The maximum absolute atomic E-state index is 6.20. The summed E-state index contributed by atoms with van der Waals surface area (Å²) in [5.41, 5.74) is 6.77. The Morgan fingerprint density at radius 1 is 0.750 bits per heavy atom. The number of hydrogen-bond donors (Lipinski definition) is 1. The first-order chi connectivity index (χ1) is 19.7.